The first-order valence-electron chi connectivity index (χ1n) is 6.25. The van der Waals surface area contributed by atoms with E-state index in [0.717, 1.165) is 12.8 Å². The largest absolute Gasteiger partial charge is 0.224 e. The summed E-state index contributed by atoms with van der Waals surface area (Å²) in [6, 6.07) is 8.75. The molecule has 0 heterocycles. The van der Waals surface area contributed by atoms with Gasteiger partial charge in [-0.2, -0.15) is 0 Å². The minimum absolute atomic E-state index is 0.255. The summed E-state index contributed by atoms with van der Waals surface area (Å²) in [4.78, 5) is 0.446. The highest BCUT2D eigenvalue weighted by atomic mass is 32.2. The van der Waals surface area contributed by atoms with Gasteiger partial charge >= 0.3 is 0 Å². The van der Waals surface area contributed by atoms with E-state index in [1.165, 1.54) is 0 Å². The third-order valence-electron chi connectivity index (χ3n) is 3.14. The van der Waals surface area contributed by atoms with Gasteiger partial charge in [-0.3, -0.25) is 0 Å². The standard InChI is InChI=1S/C14H22O2S/c1-4-8-13(12(2)3)11-17(15,16)14-9-6-5-7-10-14/h5-7,9-10,12-13H,4,8,11H2,1-3H3/t13-/m0/s1. The topological polar surface area (TPSA) is 34.1 Å². The zero-order valence-corrected chi connectivity index (χ0v) is 11.7. The van der Waals surface area contributed by atoms with Gasteiger partial charge in [0.1, 0.15) is 0 Å². The number of benzene rings is 1. The summed E-state index contributed by atoms with van der Waals surface area (Å²) < 4.78 is 24.4. The second kappa shape index (κ2) is 6.20. The maximum atomic E-state index is 12.2. The van der Waals surface area contributed by atoms with Crippen LogP contribution in [0.5, 0.6) is 0 Å². The molecule has 0 radical (unpaired) electrons. The predicted octanol–water partition coefficient (Wildman–Crippen LogP) is 3.53. The Kier molecular flexibility index (Phi) is 5.19. The molecule has 0 saturated carbocycles. The molecule has 0 spiro atoms. The van der Waals surface area contributed by atoms with Crippen molar-refractivity contribution in [2.45, 2.75) is 38.5 Å². The molecule has 1 rings (SSSR count). The lowest BCUT2D eigenvalue weighted by molar-refractivity contribution is 0.388. The molecule has 0 aromatic heterocycles. The Balaban J connectivity index is 2.85. The van der Waals surface area contributed by atoms with E-state index >= 15 is 0 Å². The molecular weight excluding hydrogens is 232 g/mol. The minimum atomic E-state index is -3.13. The van der Waals surface area contributed by atoms with E-state index in [2.05, 4.69) is 20.8 Å². The lowest BCUT2D eigenvalue weighted by atomic mass is 9.93. The quantitative estimate of drug-likeness (QED) is 0.778. The van der Waals surface area contributed by atoms with Crippen LogP contribution < -0.4 is 0 Å². The van der Waals surface area contributed by atoms with Crippen LogP contribution in [0.3, 0.4) is 0 Å². The maximum Gasteiger partial charge on any atom is 0.178 e. The van der Waals surface area contributed by atoms with Crippen molar-refractivity contribution < 1.29 is 8.42 Å². The average molecular weight is 254 g/mol. The Morgan fingerprint density at radius 2 is 1.71 bits per heavy atom. The molecule has 3 heteroatoms. The molecule has 96 valence electrons. The van der Waals surface area contributed by atoms with Crippen molar-refractivity contribution in [3.05, 3.63) is 30.3 Å². The van der Waals surface area contributed by atoms with Gasteiger partial charge in [0.05, 0.1) is 10.6 Å². The fourth-order valence-corrected chi connectivity index (χ4v) is 3.87. The molecule has 0 aliphatic heterocycles. The van der Waals surface area contributed by atoms with Crippen molar-refractivity contribution in [1.82, 2.24) is 0 Å². The van der Waals surface area contributed by atoms with Gasteiger partial charge < -0.3 is 0 Å². The summed E-state index contributed by atoms with van der Waals surface area (Å²) in [6.45, 7) is 6.30. The van der Waals surface area contributed by atoms with Crippen LogP contribution in [0.25, 0.3) is 0 Å². The molecule has 0 N–H and O–H groups in total. The lowest BCUT2D eigenvalue weighted by Crippen LogP contribution is -2.20. The van der Waals surface area contributed by atoms with Crippen LogP contribution in [0.2, 0.25) is 0 Å². The minimum Gasteiger partial charge on any atom is -0.224 e. The molecule has 0 bridgehead atoms. The van der Waals surface area contributed by atoms with Crippen LogP contribution in [-0.4, -0.2) is 14.2 Å². The SMILES string of the molecule is CCC[C@@H](CS(=O)(=O)c1ccccc1)C(C)C. The molecule has 0 aliphatic carbocycles. The molecule has 0 saturated heterocycles. The van der Waals surface area contributed by atoms with Crippen LogP contribution in [0.15, 0.2) is 35.2 Å². The van der Waals surface area contributed by atoms with Crippen molar-refractivity contribution >= 4 is 9.84 Å². The fraction of sp³-hybridized carbons (Fsp3) is 0.571. The van der Waals surface area contributed by atoms with Crippen molar-refractivity contribution in [1.29, 1.82) is 0 Å². The maximum absolute atomic E-state index is 12.2. The Hall–Kier alpha value is -0.830. The zero-order valence-electron chi connectivity index (χ0n) is 10.9. The number of rotatable bonds is 6. The van der Waals surface area contributed by atoms with Crippen LogP contribution >= 0.6 is 0 Å². The van der Waals surface area contributed by atoms with E-state index in [1.807, 2.05) is 6.07 Å². The Bertz CT molecular complexity index is 421. The van der Waals surface area contributed by atoms with Crippen LogP contribution in [0.1, 0.15) is 33.6 Å². The molecule has 1 atom stereocenters. The molecule has 0 amide bonds. The first-order chi connectivity index (χ1) is 7.97. The van der Waals surface area contributed by atoms with E-state index < -0.39 is 9.84 Å². The van der Waals surface area contributed by atoms with E-state index in [9.17, 15) is 8.42 Å². The van der Waals surface area contributed by atoms with E-state index in [-0.39, 0.29) is 11.7 Å². The van der Waals surface area contributed by atoms with Crippen molar-refractivity contribution in [2.24, 2.45) is 11.8 Å². The monoisotopic (exact) mass is 254 g/mol. The highest BCUT2D eigenvalue weighted by molar-refractivity contribution is 7.91. The van der Waals surface area contributed by atoms with Crippen molar-refractivity contribution in [3.8, 4) is 0 Å². The summed E-state index contributed by atoms with van der Waals surface area (Å²) in [6.07, 6.45) is 2.01. The highest BCUT2D eigenvalue weighted by Crippen LogP contribution is 2.22. The second-order valence-corrected chi connectivity index (χ2v) is 6.92. The second-order valence-electron chi connectivity index (χ2n) is 4.89. The van der Waals surface area contributed by atoms with Crippen LogP contribution in [0, 0.1) is 11.8 Å². The van der Waals surface area contributed by atoms with Gasteiger partial charge in [0.2, 0.25) is 0 Å². The Morgan fingerprint density at radius 3 is 2.18 bits per heavy atom. The third-order valence-corrected chi connectivity index (χ3v) is 5.00. The van der Waals surface area contributed by atoms with Crippen LogP contribution in [0.4, 0.5) is 0 Å². The summed E-state index contributed by atoms with van der Waals surface area (Å²) in [5.74, 6) is 0.932. The van der Waals surface area contributed by atoms with E-state index in [1.54, 1.807) is 24.3 Å². The first-order valence-corrected chi connectivity index (χ1v) is 7.90. The molecule has 0 aliphatic rings. The first kappa shape index (κ1) is 14.2. The zero-order chi connectivity index (χ0) is 12.9. The van der Waals surface area contributed by atoms with Gasteiger partial charge in [0.25, 0.3) is 0 Å². The summed E-state index contributed by atoms with van der Waals surface area (Å²) in [5, 5.41) is 0. The molecular formula is C14H22O2S. The number of hydrogen-bond acceptors (Lipinski definition) is 2. The smallest absolute Gasteiger partial charge is 0.178 e. The molecule has 17 heavy (non-hydrogen) atoms. The van der Waals surface area contributed by atoms with Gasteiger partial charge in [-0.05, 0) is 30.4 Å². The van der Waals surface area contributed by atoms with Crippen molar-refractivity contribution in [3.63, 3.8) is 0 Å². The fourth-order valence-electron chi connectivity index (χ4n) is 1.99. The molecule has 0 fully saturated rings. The van der Waals surface area contributed by atoms with Crippen molar-refractivity contribution in [2.75, 3.05) is 5.75 Å². The summed E-state index contributed by atoms with van der Waals surface area (Å²) >= 11 is 0. The number of hydrogen-bond donors (Lipinski definition) is 0. The van der Waals surface area contributed by atoms with Gasteiger partial charge in [0, 0.05) is 0 Å². The van der Waals surface area contributed by atoms with Crippen LogP contribution in [-0.2, 0) is 9.84 Å². The third kappa shape index (κ3) is 4.15. The number of sulfone groups is 1. The molecule has 1 aromatic carbocycles. The molecule has 0 unspecified atom stereocenters. The lowest BCUT2D eigenvalue weighted by Gasteiger charge is -2.20. The highest BCUT2D eigenvalue weighted by Gasteiger charge is 2.22. The van der Waals surface area contributed by atoms with Gasteiger partial charge in [0.15, 0.2) is 9.84 Å². The predicted molar refractivity (Wildman–Crippen MR) is 71.7 cm³/mol. The molecule has 2 nitrogen and oxygen atoms in total. The Labute approximate surface area is 105 Å². The van der Waals surface area contributed by atoms with E-state index in [4.69, 9.17) is 0 Å². The van der Waals surface area contributed by atoms with Gasteiger partial charge in [-0.1, -0.05) is 45.4 Å². The van der Waals surface area contributed by atoms with Gasteiger partial charge in [-0.25, -0.2) is 8.42 Å². The Morgan fingerprint density at radius 1 is 1.12 bits per heavy atom. The average Bonchev–Trinajstić information content (AvgIpc) is 2.29. The van der Waals surface area contributed by atoms with Gasteiger partial charge in [-0.15, -0.1) is 0 Å². The summed E-state index contributed by atoms with van der Waals surface area (Å²) in [7, 11) is -3.13. The molecule has 1 aromatic rings. The summed E-state index contributed by atoms with van der Waals surface area (Å²) in [5.41, 5.74) is 0. The normalized spacial score (nSPS) is 13.9. The van der Waals surface area contributed by atoms with E-state index in [0.29, 0.717) is 10.8 Å².